The molecule has 2 aromatic carbocycles. The molecule has 65 heavy (non-hydrogen) atoms. The van der Waals surface area contributed by atoms with E-state index in [1.54, 1.807) is 58.6 Å². The number of Topliss-reactive ketones (excluding diaryl/α,β-unsaturated/α-hetero) is 2. The van der Waals surface area contributed by atoms with Crippen LogP contribution in [0.15, 0.2) is 48.5 Å². The third-order valence-corrected chi connectivity index (χ3v) is 9.14. The van der Waals surface area contributed by atoms with Gasteiger partial charge in [-0.2, -0.15) is 9.59 Å². The Morgan fingerprint density at radius 3 is 1.43 bits per heavy atom. The number of carbonyl (C=O) groups is 5. The highest BCUT2D eigenvalue weighted by Crippen LogP contribution is 2.18. The number of phenols is 1. The van der Waals surface area contributed by atoms with Crippen molar-refractivity contribution >= 4 is 35.6 Å². The summed E-state index contributed by atoms with van der Waals surface area (Å²) >= 11 is 0. The van der Waals surface area contributed by atoms with E-state index in [4.69, 9.17) is 28.5 Å². The van der Waals surface area contributed by atoms with Crippen molar-refractivity contribution in [3.63, 3.8) is 0 Å². The van der Waals surface area contributed by atoms with Crippen LogP contribution < -0.4 is 0 Å². The second kappa shape index (κ2) is 27.6. The first-order valence-corrected chi connectivity index (χ1v) is 22.3. The van der Waals surface area contributed by atoms with Gasteiger partial charge in [-0.25, -0.2) is 0 Å². The second-order valence-corrected chi connectivity index (χ2v) is 20.7. The van der Waals surface area contributed by atoms with Gasteiger partial charge in [-0.1, -0.05) is 64.1 Å². The van der Waals surface area contributed by atoms with Crippen LogP contribution in [0.3, 0.4) is 0 Å². The Bertz CT molecular complexity index is 1780. The third kappa shape index (κ3) is 30.1. The number of esters is 3. The maximum atomic E-state index is 13.7. The average molecular weight is 912 g/mol. The molecule has 0 aliphatic heterocycles. The van der Waals surface area contributed by atoms with Crippen molar-refractivity contribution in [2.45, 2.75) is 133 Å². The number of phenolic OH excluding ortho intramolecular Hbond substituents is 1. The van der Waals surface area contributed by atoms with E-state index < -0.39 is 28.7 Å². The molecular weight excluding hydrogens is 835 g/mol. The molecule has 0 aromatic heterocycles. The Kier molecular flexibility index (Phi) is 24.8. The fraction of sp³-hybridized carbons (Fsp3) is 0.640. The molecule has 2 aromatic rings. The molecule has 2 rings (SSSR count). The van der Waals surface area contributed by atoms with E-state index >= 15 is 0 Å². The van der Waals surface area contributed by atoms with Crippen LogP contribution in [-0.2, 0) is 72.0 Å². The highest BCUT2D eigenvalue weighted by atomic mass is 16.6. The van der Waals surface area contributed by atoms with Crippen LogP contribution in [0, 0.1) is 11.3 Å². The van der Waals surface area contributed by atoms with Gasteiger partial charge < -0.3 is 24.1 Å². The van der Waals surface area contributed by atoms with Crippen molar-refractivity contribution in [2.75, 3.05) is 65.5 Å². The molecule has 0 spiro atoms. The molecule has 0 radical (unpaired) electrons. The smallest absolute Gasteiger partial charge is 0.373 e. The fourth-order valence-corrected chi connectivity index (χ4v) is 6.53. The van der Waals surface area contributed by atoms with Gasteiger partial charge in [0.15, 0.2) is 5.78 Å². The summed E-state index contributed by atoms with van der Waals surface area (Å²) in [6.07, 6.45) is 1.64. The van der Waals surface area contributed by atoms with Gasteiger partial charge >= 0.3 is 24.1 Å². The van der Waals surface area contributed by atoms with Gasteiger partial charge in [-0.15, -0.1) is 0 Å². The molecule has 0 aliphatic rings. The molecule has 0 bridgehead atoms. The Labute approximate surface area is 387 Å². The van der Waals surface area contributed by atoms with Crippen molar-refractivity contribution in [1.82, 2.24) is 14.7 Å². The van der Waals surface area contributed by atoms with E-state index in [1.165, 1.54) is 0 Å². The fourth-order valence-electron chi connectivity index (χ4n) is 6.53. The van der Waals surface area contributed by atoms with Gasteiger partial charge in [0.1, 0.15) is 34.9 Å². The lowest BCUT2D eigenvalue weighted by Gasteiger charge is -2.33. The minimum absolute atomic E-state index is 0.000733. The predicted octanol–water partition coefficient (Wildman–Crippen LogP) is 6.25. The zero-order chi connectivity index (χ0) is 49.6. The van der Waals surface area contributed by atoms with Crippen molar-refractivity contribution in [3.05, 3.63) is 65.2 Å². The number of hydrogen-bond donors (Lipinski definition) is 1. The summed E-state index contributed by atoms with van der Waals surface area (Å²) < 4.78 is 22.5. The largest absolute Gasteiger partial charge is 0.508 e. The van der Waals surface area contributed by atoms with Gasteiger partial charge in [-0.3, -0.25) is 38.7 Å². The summed E-state index contributed by atoms with van der Waals surface area (Å²) in [6.45, 7) is 26.8. The molecule has 1 atom stereocenters. The lowest BCUT2D eigenvalue weighted by Crippen LogP contribution is -2.47. The highest BCUT2D eigenvalue weighted by Gasteiger charge is 2.26. The number of ether oxygens (including phenoxy) is 4. The van der Waals surface area contributed by atoms with E-state index in [2.05, 4.69) is 20.8 Å². The zero-order valence-corrected chi connectivity index (χ0v) is 41.4. The number of aromatic hydroxyl groups is 1. The number of ketones is 2. The molecule has 0 unspecified atom stereocenters. The minimum Gasteiger partial charge on any atom is -0.508 e. The Balaban J connectivity index is 0.00000684. The first-order chi connectivity index (χ1) is 30.0. The molecular formula is C50H77N3O12. The van der Waals surface area contributed by atoms with Crippen LogP contribution >= 0.6 is 0 Å². The quantitative estimate of drug-likeness (QED) is 0.0870. The Morgan fingerprint density at radius 1 is 0.585 bits per heavy atom. The monoisotopic (exact) mass is 912 g/mol. The number of rotatable bonds is 25. The maximum Gasteiger partial charge on any atom is 0.373 e. The molecule has 15 nitrogen and oxygen atoms in total. The van der Waals surface area contributed by atoms with Crippen LogP contribution in [0.25, 0.3) is 0 Å². The molecule has 0 amide bonds. The first kappa shape index (κ1) is 58.2. The molecule has 15 heteroatoms. The normalized spacial score (nSPS) is 12.6. The molecule has 0 heterocycles. The second-order valence-electron chi connectivity index (χ2n) is 20.7. The zero-order valence-electron chi connectivity index (χ0n) is 41.4. The average Bonchev–Trinajstić information content (AvgIpc) is 3.13. The number of carbonyl (C=O) groups excluding carboxylic acids is 7. The van der Waals surface area contributed by atoms with Crippen molar-refractivity contribution in [3.8, 4) is 5.75 Å². The lowest BCUT2D eigenvalue weighted by molar-refractivity contribution is -0.192. The summed E-state index contributed by atoms with van der Waals surface area (Å²) in [5.74, 6) is -1.27. The molecule has 0 aliphatic carbocycles. The molecule has 1 N–H and O–H groups in total. The summed E-state index contributed by atoms with van der Waals surface area (Å²) in [5, 5.41) is 9.51. The van der Waals surface area contributed by atoms with Crippen molar-refractivity contribution in [2.24, 2.45) is 11.3 Å². The SMILES string of the molecule is C[C@H](Cc1ccc(O)cc1)C(=O)COCc1ccc(CCC(=O)CN(CCN(CC(=O)OC(C)(C)C)CC(=O)OC(C)(C)C)CCN(CC(=O)OC(C)(C)C)CC(C)(C)C)cc1.O=C=O. The first-order valence-electron chi connectivity index (χ1n) is 22.3. The van der Waals surface area contributed by atoms with Crippen LogP contribution in [0.1, 0.15) is 113 Å². The van der Waals surface area contributed by atoms with Gasteiger partial charge in [0.25, 0.3) is 0 Å². The maximum absolute atomic E-state index is 13.7. The molecule has 0 saturated heterocycles. The predicted molar refractivity (Wildman–Crippen MR) is 247 cm³/mol. The van der Waals surface area contributed by atoms with Crippen LogP contribution in [0.4, 0.5) is 0 Å². The van der Waals surface area contributed by atoms with E-state index in [0.29, 0.717) is 45.4 Å². The van der Waals surface area contributed by atoms with Gasteiger partial charge in [0.2, 0.25) is 0 Å². The van der Waals surface area contributed by atoms with Crippen LogP contribution in [-0.4, -0.2) is 138 Å². The van der Waals surface area contributed by atoms with E-state index in [0.717, 1.165) is 16.7 Å². The molecule has 364 valence electrons. The number of benzene rings is 2. The van der Waals surface area contributed by atoms with Gasteiger partial charge in [0, 0.05) is 45.1 Å². The van der Waals surface area contributed by atoms with Gasteiger partial charge in [0.05, 0.1) is 32.8 Å². The van der Waals surface area contributed by atoms with E-state index in [-0.39, 0.29) is 86.7 Å². The van der Waals surface area contributed by atoms with Crippen LogP contribution in [0.5, 0.6) is 5.75 Å². The summed E-state index contributed by atoms with van der Waals surface area (Å²) in [7, 11) is 0. The number of nitrogens with zero attached hydrogens (tertiary/aromatic N) is 3. The Hall–Kier alpha value is -4.79. The summed E-state index contributed by atoms with van der Waals surface area (Å²) in [5.41, 5.74) is 0.719. The minimum atomic E-state index is -0.707. The van der Waals surface area contributed by atoms with Crippen molar-refractivity contribution < 1.29 is 57.6 Å². The van der Waals surface area contributed by atoms with Crippen molar-refractivity contribution in [1.29, 1.82) is 0 Å². The van der Waals surface area contributed by atoms with E-state index in [9.17, 15) is 29.1 Å². The van der Waals surface area contributed by atoms with Gasteiger partial charge in [-0.05, 0) is 109 Å². The van der Waals surface area contributed by atoms with E-state index in [1.807, 2.05) is 73.9 Å². The summed E-state index contributed by atoms with van der Waals surface area (Å²) in [4.78, 5) is 87.2. The standard InChI is InChI=1S/C49H77N3O10.CO2/c1-36(28-38-19-21-40(53)22-20-38)42(55)34-59-33-39-16-14-37(15-17-39)18-23-41(54)29-50(25-27-52(35-46(2,3)4)32-45(58)62-49(11,12)13)24-26-51(30-43(56)60-47(5,6)7)31-44(57)61-48(8,9)10;2-1-3/h14-17,19-22,36,53H,18,23-35H2,1-13H3;/t36-;/m1./s1. The number of aryl methyl sites for hydroxylation is 1. The molecule has 0 saturated carbocycles. The number of hydrogen-bond acceptors (Lipinski definition) is 15. The molecule has 0 fully saturated rings. The Morgan fingerprint density at radius 2 is 0.985 bits per heavy atom. The summed E-state index contributed by atoms with van der Waals surface area (Å²) in [6, 6.07) is 14.7. The topological polar surface area (TPSA) is 186 Å². The van der Waals surface area contributed by atoms with Crippen LogP contribution in [0.2, 0.25) is 0 Å². The lowest BCUT2D eigenvalue weighted by atomic mass is 9.96. The highest BCUT2D eigenvalue weighted by molar-refractivity contribution is 5.82. The third-order valence-electron chi connectivity index (χ3n) is 9.14.